The van der Waals surface area contributed by atoms with Crippen molar-refractivity contribution >= 4 is 23.4 Å². The van der Waals surface area contributed by atoms with Gasteiger partial charge in [-0.3, -0.25) is 14.4 Å². The zero-order valence-electron chi connectivity index (χ0n) is 13.4. The lowest BCUT2D eigenvalue weighted by atomic mass is 9.87. The molecular weight excluding hydrogens is 282 g/mol. The topological polar surface area (TPSA) is 87.3 Å². The van der Waals surface area contributed by atoms with Crippen molar-refractivity contribution in [1.29, 1.82) is 0 Å². The molecule has 0 aliphatic carbocycles. The number of rotatable bonds is 5. The summed E-state index contributed by atoms with van der Waals surface area (Å²) in [5.41, 5.74) is 1.91. The number of anilines is 1. The summed E-state index contributed by atoms with van der Waals surface area (Å²) in [5.74, 6) is -1.02. The first-order chi connectivity index (χ1) is 10.2. The standard InChI is InChI=1S/C16H23N3O3/c1-11(20)17-9-14(21)18-10-15(22)19-13-7-5-12(6-8-13)16(2,3)4/h5-8H,9-10H2,1-4H3,(H,17,20)(H,18,21)(H,19,22). The SMILES string of the molecule is CC(=O)NCC(=O)NCC(=O)Nc1ccc(C(C)(C)C)cc1. The Balaban J connectivity index is 2.42. The molecule has 0 saturated carbocycles. The summed E-state index contributed by atoms with van der Waals surface area (Å²) in [6.07, 6.45) is 0. The molecule has 0 fully saturated rings. The van der Waals surface area contributed by atoms with Gasteiger partial charge < -0.3 is 16.0 Å². The molecule has 0 aliphatic rings. The first kappa shape index (κ1) is 17.7. The van der Waals surface area contributed by atoms with Crippen LogP contribution in [0.3, 0.4) is 0 Å². The second kappa shape index (κ2) is 7.59. The van der Waals surface area contributed by atoms with Crippen molar-refractivity contribution in [3.05, 3.63) is 29.8 Å². The minimum Gasteiger partial charge on any atom is -0.347 e. The Hall–Kier alpha value is -2.37. The minimum absolute atomic E-state index is 0.0558. The molecule has 0 unspecified atom stereocenters. The third-order valence-electron chi connectivity index (χ3n) is 2.98. The second-order valence-corrected chi connectivity index (χ2v) is 6.06. The van der Waals surface area contributed by atoms with Crippen LogP contribution in [-0.4, -0.2) is 30.8 Å². The monoisotopic (exact) mass is 305 g/mol. The van der Waals surface area contributed by atoms with E-state index < -0.39 is 5.91 Å². The number of benzene rings is 1. The molecule has 120 valence electrons. The molecule has 6 heteroatoms. The normalized spacial score (nSPS) is 10.7. The Kier molecular flexibility index (Phi) is 6.10. The summed E-state index contributed by atoms with van der Waals surface area (Å²) >= 11 is 0. The number of carbonyl (C=O) groups is 3. The van der Waals surface area contributed by atoms with Crippen LogP contribution in [0, 0.1) is 0 Å². The van der Waals surface area contributed by atoms with Crippen LogP contribution < -0.4 is 16.0 Å². The van der Waals surface area contributed by atoms with Crippen LogP contribution >= 0.6 is 0 Å². The number of carbonyl (C=O) groups excluding carboxylic acids is 3. The molecule has 6 nitrogen and oxygen atoms in total. The van der Waals surface area contributed by atoms with E-state index in [0.717, 1.165) is 0 Å². The van der Waals surface area contributed by atoms with E-state index in [1.165, 1.54) is 12.5 Å². The van der Waals surface area contributed by atoms with Gasteiger partial charge in [-0.05, 0) is 23.1 Å². The van der Waals surface area contributed by atoms with Gasteiger partial charge in [0.1, 0.15) is 0 Å². The molecule has 3 N–H and O–H groups in total. The Morgan fingerprint density at radius 3 is 1.95 bits per heavy atom. The lowest BCUT2D eigenvalue weighted by molar-refractivity contribution is -0.126. The quantitative estimate of drug-likeness (QED) is 0.763. The maximum Gasteiger partial charge on any atom is 0.243 e. The van der Waals surface area contributed by atoms with E-state index >= 15 is 0 Å². The van der Waals surface area contributed by atoms with Crippen LogP contribution in [0.2, 0.25) is 0 Å². The number of amides is 3. The summed E-state index contributed by atoms with van der Waals surface area (Å²) in [4.78, 5) is 33.7. The molecule has 1 rings (SSSR count). The van der Waals surface area contributed by atoms with Crippen molar-refractivity contribution < 1.29 is 14.4 Å². The third-order valence-corrected chi connectivity index (χ3v) is 2.98. The van der Waals surface area contributed by atoms with Gasteiger partial charge >= 0.3 is 0 Å². The third kappa shape index (κ3) is 6.39. The fourth-order valence-corrected chi connectivity index (χ4v) is 1.70. The van der Waals surface area contributed by atoms with Gasteiger partial charge in [0.25, 0.3) is 0 Å². The molecule has 0 aromatic heterocycles. The van der Waals surface area contributed by atoms with Gasteiger partial charge in [-0.25, -0.2) is 0 Å². The van der Waals surface area contributed by atoms with Crippen molar-refractivity contribution in [2.24, 2.45) is 0 Å². The van der Waals surface area contributed by atoms with Crippen molar-refractivity contribution in [2.45, 2.75) is 33.1 Å². The van der Waals surface area contributed by atoms with Crippen molar-refractivity contribution in [3.63, 3.8) is 0 Å². The van der Waals surface area contributed by atoms with Crippen LogP contribution in [0.4, 0.5) is 5.69 Å². The van der Waals surface area contributed by atoms with Gasteiger partial charge in [-0.1, -0.05) is 32.9 Å². The number of hydrogen-bond acceptors (Lipinski definition) is 3. The molecule has 0 saturated heterocycles. The van der Waals surface area contributed by atoms with E-state index in [9.17, 15) is 14.4 Å². The van der Waals surface area contributed by atoms with E-state index in [1.54, 1.807) is 0 Å². The van der Waals surface area contributed by atoms with E-state index in [-0.39, 0.29) is 30.3 Å². The Morgan fingerprint density at radius 2 is 1.45 bits per heavy atom. The fourth-order valence-electron chi connectivity index (χ4n) is 1.70. The molecule has 22 heavy (non-hydrogen) atoms. The maximum absolute atomic E-state index is 11.7. The summed E-state index contributed by atoms with van der Waals surface area (Å²) in [5, 5.41) is 7.48. The van der Waals surface area contributed by atoms with Crippen LogP contribution in [0.15, 0.2) is 24.3 Å². The summed E-state index contributed by atoms with van der Waals surface area (Å²) in [7, 11) is 0. The van der Waals surface area contributed by atoms with Crippen LogP contribution in [-0.2, 0) is 19.8 Å². The Bertz CT molecular complexity index is 545. The first-order valence-electron chi connectivity index (χ1n) is 7.10. The summed E-state index contributed by atoms with van der Waals surface area (Å²) in [6.45, 7) is 7.39. The number of nitrogens with one attached hydrogen (secondary N) is 3. The molecule has 0 heterocycles. The molecule has 3 amide bonds. The maximum atomic E-state index is 11.7. The second-order valence-electron chi connectivity index (χ2n) is 6.06. The Morgan fingerprint density at radius 1 is 0.909 bits per heavy atom. The van der Waals surface area contributed by atoms with E-state index in [0.29, 0.717) is 5.69 Å². The lowest BCUT2D eigenvalue weighted by Gasteiger charge is -2.19. The van der Waals surface area contributed by atoms with Crippen LogP contribution in [0.1, 0.15) is 33.3 Å². The smallest absolute Gasteiger partial charge is 0.243 e. The molecule has 0 bridgehead atoms. The van der Waals surface area contributed by atoms with Gasteiger partial charge in [0.05, 0.1) is 13.1 Å². The van der Waals surface area contributed by atoms with E-state index in [4.69, 9.17) is 0 Å². The molecule has 0 aliphatic heterocycles. The average molecular weight is 305 g/mol. The molecule has 1 aromatic rings. The lowest BCUT2D eigenvalue weighted by Crippen LogP contribution is -2.39. The Labute approximate surface area is 130 Å². The average Bonchev–Trinajstić information content (AvgIpc) is 2.42. The van der Waals surface area contributed by atoms with Crippen molar-refractivity contribution in [3.8, 4) is 0 Å². The molecule has 0 radical (unpaired) electrons. The predicted molar refractivity (Wildman–Crippen MR) is 85.5 cm³/mol. The fraction of sp³-hybridized carbons (Fsp3) is 0.438. The van der Waals surface area contributed by atoms with Gasteiger partial charge in [0.15, 0.2) is 0 Å². The van der Waals surface area contributed by atoms with E-state index in [1.807, 2.05) is 24.3 Å². The van der Waals surface area contributed by atoms with Gasteiger partial charge in [-0.15, -0.1) is 0 Å². The zero-order chi connectivity index (χ0) is 16.8. The predicted octanol–water partition coefficient (Wildman–Crippen LogP) is 1.17. The van der Waals surface area contributed by atoms with Gasteiger partial charge in [0.2, 0.25) is 17.7 Å². The highest BCUT2D eigenvalue weighted by atomic mass is 16.2. The largest absolute Gasteiger partial charge is 0.347 e. The minimum atomic E-state index is -0.409. The van der Waals surface area contributed by atoms with E-state index in [2.05, 4.69) is 36.7 Å². The highest BCUT2D eigenvalue weighted by Gasteiger charge is 2.13. The van der Waals surface area contributed by atoms with Crippen molar-refractivity contribution in [2.75, 3.05) is 18.4 Å². The van der Waals surface area contributed by atoms with Crippen LogP contribution in [0.25, 0.3) is 0 Å². The first-order valence-corrected chi connectivity index (χ1v) is 7.10. The molecule has 0 spiro atoms. The zero-order valence-corrected chi connectivity index (χ0v) is 13.4. The van der Waals surface area contributed by atoms with Crippen molar-refractivity contribution in [1.82, 2.24) is 10.6 Å². The number of hydrogen-bond donors (Lipinski definition) is 3. The summed E-state index contributed by atoms with van der Waals surface area (Å²) < 4.78 is 0. The molecular formula is C16H23N3O3. The van der Waals surface area contributed by atoms with Gasteiger partial charge in [-0.2, -0.15) is 0 Å². The van der Waals surface area contributed by atoms with Crippen LogP contribution in [0.5, 0.6) is 0 Å². The summed E-state index contributed by atoms with van der Waals surface area (Å²) in [6, 6.07) is 7.59. The highest BCUT2D eigenvalue weighted by Crippen LogP contribution is 2.23. The molecule has 1 aromatic carbocycles. The van der Waals surface area contributed by atoms with Gasteiger partial charge in [0, 0.05) is 12.6 Å². The highest BCUT2D eigenvalue weighted by molar-refractivity contribution is 5.95. The molecule has 0 atom stereocenters.